The van der Waals surface area contributed by atoms with Gasteiger partial charge in [-0.15, -0.1) is 0 Å². The zero-order valence-electron chi connectivity index (χ0n) is 16.2. The van der Waals surface area contributed by atoms with Crippen molar-refractivity contribution >= 4 is 22.9 Å². The average Bonchev–Trinajstić information content (AvgIpc) is 3.10. The molecular formula is C20H25N7O. The highest BCUT2D eigenvalue weighted by Crippen LogP contribution is 2.18. The minimum absolute atomic E-state index is 0.0919. The fourth-order valence-corrected chi connectivity index (χ4v) is 3.58. The molecule has 1 N–H and O–H groups in total. The maximum absolute atomic E-state index is 12.7. The van der Waals surface area contributed by atoms with Crippen LogP contribution in [0.2, 0.25) is 0 Å². The van der Waals surface area contributed by atoms with Crippen molar-refractivity contribution < 1.29 is 4.79 Å². The number of amides is 1. The molecule has 0 atom stereocenters. The van der Waals surface area contributed by atoms with Crippen molar-refractivity contribution in [1.82, 2.24) is 29.8 Å². The Hall–Kier alpha value is -3.03. The monoisotopic (exact) mass is 379 g/mol. The lowest BCUT2D eigenvalue weighted by Crippen LogP contribution is -2.45. The standard InChI is InChI=1S/C20H25N7O/c1-14(2)12-27-13-24-17-9-15(10-23-19(17)27)20(28)25-16-3-7-26(8-4-16)18-11-21-5-6-22-18/h5-6,9-11,13-14,16H,3-4,7-8,12H2,1-2H3,(H,25,28). The summed E-state index contributed by atoms with van der Waals surface area (Å²) in [6, 6.07) is 1.97. The first-order chi connectivity index (χ1) is 13.6. The van der Waals surface area contributed by atoms with Crippen molar-refractivity contribution in [3.05, 3.63) is 42.7 Å². The van der Waals surface area contributed by atoms with E-state index in [2.05, 4.69) is 44.0 Å². The van der Waals surface area contributed by atoms with Gasteiger partial charge in [-0.05, 0) is 24.8 Å². The molecular weight excluding hydrogens is 354 g/mol. The van der Waals surface area contributed by atoms with Gasteiger partial charge in [0.05, 0.1) is 18.1 Å². The molecule has 1 aliphatic rings. The van der Waals surface area contributed by atoms with Crippen LogP contribution in [-0.2, 0) is 6.54 Å². The number of aromatic nitrogens is 5. The third-order valence-corrected chi connectivity index (χ3v) is 4.98. The Balaban J connectivity index is 1.37. The molecule has 28 heavy (non-hydrogen) atoms. The summed E-state index contributed by atoms with van der Waals surface area (Å²) in [4.78, 5) is 32.2. The Kier molecular flexibility index (Phi) is 5.18. The van der Waals surface area contributed by atoms with E-state index < -0.39 is 0 Å². The van der Waals surface area contributed by atoms with Crippen LogP contribution in [0.3, 0.4) is 0 Å². The lowest BCUT2D eigenvalue weighted by atomic mass is 10.0. The second-order valence-corrected chi connectivity index (χ2v) is 7.66. The number of carbonyl (C=O) groups is 1. The topological polar surface area (TPSA) is 88.8 Å². The number of pyridine rings is 1. The highest BCUT2D eigenvalue weighted by molar-refractivity contribution is 5.96. The number of rotatable bonds is 5. The van der Waals surface area contributed by atoms with Crippen LogP contribution < -0.4 is 10.2 Å². The summed E-state index contributed by atoms with van der Waals surface area (Å²) in [7, 11) is 0. The number of carbonyl (C=O) groups excluding carboxylic acids is 1. The zero-order chi connectivity index (χ0) is 19.5. The number of fused-ring (bicyclic) bond motifs is 1. The summed E-state index contributed by atoms with van der Waals surface area (Å²) < 4.78 is 2.03. The fraction of sp³-hybridized carbons (Fsp3) is 0.450. The van der Waals surface area contributed by atoms with Gasteiger partial charge in [0.2, 0.25) is 0 Å². The third-order valence-electron chi connectivity index (χ3n) is 4.98. The van der Waals surface area contributed by atoms with E-state index in [1.807, 2.05) is 10.6 Å². The fourth-order valence-electron chi connectivity index (χ4n) is 3.58. The summed E-state index contributed by atoms with van der Waals surface area (Å²) >= 11 is 0. The van der Waals surface area contributed by atoms with Gasteiger partial charge in [-0.25, -0.2) is 15.0 Å². The van der Waals surface area contributed by atoms with Crippen LogP contribution in [0.25, 0.3) is 11.2 Å². The maximum Gasteiger partial charge on any atom is 0.253 e. The molecule has 8 heteroatoms. The molecule has 0 spiro atoms. The molecule has 0 radical (unpaired) electrons. The Labute approximate surface area is 164 Å². The van der Waals surface area contributed by atoms with E-state index in [9.17, 15) is 4.79 Å². The van der Waals surface area contributed by atoms with Gasteiger partial charge in [-0.1, -0.05) is 13.8 Å². The van der Waals surface area contributed by atoms with Gasteiger partial charge in [0.15, 0.2) is 5.65 Å². The summed E-state index contributed by atoms with van der Waals surface area (Å²) in [6.07, 6.45) is 10.3. The predicted octanol–water partition coefficient (Wildman–Crippen LogP) is 2.28. The quantitative estimate of drug-likeness (QED) is 0.732. The molecule has 0 aliphatic carbocycles. The molecule has 1 saturated heterocycles. The molecule has 1 aliphatic heterocycles. The molecule has 4 heterocycles. The minimum Gasteiger partial charge on any atom is -0.355 e. The van der Waals surface area contributed by atoms with E-state index in [-0.39, 0.29) is 11.9 Å². The Morgan fingerprint density at radius 1 is 1.18 bits per heavy atom. The van der Waals surface area contributed by atoms with Crippen LogP contribution in [0.15, 0.2) is 37.2 Å². The Morgan fingerprint density at radius 2 is 2.00 bits per heavy atom. The van der Waals surface area contributed by atoms with Crippen LogP contribution in [-0.4, -0.2) is 49.5 Å². The van der Waals surface area contributed by atoms with Crippen LogP contribution in [0.5, 0.6) is 0 Å². The molecule has 1 fully saturated rings. The lowest BCUT2D eigenvalue weighted by Gasteiger charge is -2.32. The van der Waals surface area contributed by atoms with Crippen molar-refractivity contribution in [3.8, 4) is 0 Å². The molecule has 4 rings (SSSR count). The first-order valence-electron chi connectivity index (χ1n) is 9.73. The maximum atomic E-state index is 12.7. The van der Waals surface area contributed by atoms with Crippen LogP contribution >= 0.6 is 0 Å². The van der Waals surface area contributed by atoms with Crippen molar-refractivity contribution in [2.24, 2.45) is 5.92 Å². The van der Waals surface area contributed by atoms with E-state index in [0.29, 0.717) is 11.5 Å². The highest BCUT2D eigenvalue weighted by atomic mass is 16.1. The largest absolute Gasteiger partial charge is 0.355 e. The second kappa shape index (κ2) is 7.92. The number of anilines is 1. The molecule has 0 unspecified atom stereocenters. The Morgan fingerprint density at radius 3 is 2.71 bits per heavy atom. The van der Waals surface area contributed by atoms with E-state index in [1.54, 1.807) is 31.1 Å². The minimum atomic E-state index is -0.0919. The van der Waals surface area contributed by atoms with Gasteiger partial charge in [-0.3, -0.25) is 9.78 Å². The third kappa shape index (κ3) is 3.95. The molecule has 0 saturated carbocycles. The average molecular weight is 379 g/mol. The summed E-state index contributed by atoms with van der Waals surface area (Å²) in [5.41, 5.74) is 2.13. The highest BCUT2D eigenvalue weighted by Gasteiger charge is 2.22. The number of hydrogen-bond acceptors (Lipinski definition) is 6. The molecule has 0 bridgehead atoms. The van der Waals surface area contributed by atoms with E-state index >= 15 is 0 Å². The summed E-state index contributed by atoms with van der Waals surface area (Å²) in [5, 5.41) is 3.13. The number of imidazole rings is 1. The Bertz CT molecular complexity index is 946. The van der Waals surface area contributed by atoms with Crippen molar-refractivity contribution in [1.29, 1.82) is 0 Å². The molecule has 1 amide bonds. The van der Waals surface area contributed by atoms with Gasteiger partial charge in [0.25, 0.3) is 5.91 Å². The molecule has 0 aromatic carbocycles. The van der Waals surface area contributed by atoms with E-state index in [0.717, 1.165) is 49.5 Å². The molecule has 3 aromatic rings. The van der Waals surface area contributed by atoms with Gasteiger partial charge in [0.1, 0.15) is 11.3 Å². The summed E-state index contributed by atoms with van der Waals surface area (Å²) in [5.74, 6) is 1.31. The van der Waals surface area contributed by atoms with E-state index in [1.165, 1.54) is 0 Å². The zero-order valence-corrected chi connectivity index (χ0v) is 16.2. The summed E-state index contributed by atoms with van der Waals surface area (Å²) in [6.45, 7) is 6.87. The predicted molar refractivity (Wildman–Crippen MR) is 107 cm³/mol. The van der Waals surface area contributed by atoms with Crippen molar-refractivity contribution in [3.63, 3.8) is 0 Å². The first-order valence-corrected chi connectivity index (χ1v) is 9.73. The van der Waals surface area contributed by atoms with Crippen LogP contribution in [0, 0.1) is 5.92 Å². The number of piperidine rings is 1. The second-order valence-electron chi connectivity index (χ2n) is 7.66. The number of nitrogens with one attached hydrogen (secondary N) is 1. The normalized spacial score (nSPS) is 15.3. The number of nitrogens with zero attached hydrogens (tertiary/aromatic N) is 6. The molecule has 3 aromatic heterocycles. The van der Waals surface area contributed by atoms with Crippen LogP contribution in [0.1, 0.15) is 37.0 Å². The van der Waals surface area contributed by atoms with Gasteiger partial charge in [-0.2, -0.15) is 0 Å². The number of hydrogen-bond donors (Lipinski definition) is 1. The molecule has 8 nitrogen and oxygen atoms in total. The van der Waals surface area contributed by atoms with E-state index in [4.69, 9.17) is 0 Å². The SMILES string of the molecule is CC(C)Cn1cnc2cc(C(=O)NC3CCN(c4cnccn4)CC3)cnc21. The van der Waals surface area contributed by atoms with Crippen molar-refractivity contribution in [2.75, 3.05) is 18.0 Å². The molecule has 146 valence electrons. The van der Waals surface area contributed by atoms with Crippen molar-refractivity contribution in [2.45, 2.75) is 39.3 Å². The smallest absolute Gasteiger partial charge is 0.253 e. The van der Waals surface area contributed by atoms with Gasteiger partial charge < -0.3 is 14.8 Å². The van der Waals surface area contributed by atoms with Crippen LogP contribution in [0.4, 0.5) is 5.82 Å². The van der Waals surface area contributed by atoms with Gasteiger partial charge >= 0.3 is 0 Å². The van der Waals surface area contributed by atoms with Gasteiger partial charge in [0, 0.05) is 44.3 Å². The first kappa shape index (κ1) is 18.3. The lowest BCUT2D eigenvalue weighted by molar-refractivity contribution is 0.0931.